The molecule has 0 spiro atoms. The fourth-order valence-corrected chi connectivity index (χ4v) is 4.63. The monoisotopic (exact) mass is 435 g/mol. The van der Waals surface area contributed by atoms with Crippen molar-refractivity contribution in [1.82, 2.24) is 9.88 Å². The summed E-state index contributed by atoms with van der Waals surface area (Å²) in [5.41, 5.74) is 1.42. The molecule has 0 aliphatic carbocycles. The first-order valence-corrected chi connectivity index (χ1v) is 10.6. The maximum absolute atomic E-state index is 12.8. The number of carbonyl (C=O) groups is 1. The lowest BCUT2D eigenvalue weighted by molar-refractivity contribution is 0.0747. The second-order valence-corrected chi connectivity index (χ2v) is 8.32. The van der Waals surface area contributed by atoms with Crippen LogP contribution in [0.5, 0.6) is 5.75 Å². The fraction of sp³-hybridized carbons (Fsp3) is 0.300. The largest absolute Gasteiger partial charge is 0.494 e. The van der Waals surface area contributed by atoms with Gasteiger partial charge in [-0.25, -0.2) is 4.98 Å². The minimum absolute atomic E-state index is 0.0854. The lowest BCUT2D eigenvalue weighted by atomic mass is 10.2. The second kappa shape index (κ2) is 8.15. The molecule has 1 amide bonds. The molecule has 1 aliphatic heterocycles. The summed E-state index contributed by atoms with van der Waals surface area (Å²) < 4.78 is 6.67. The summed E-state index contributed by atoms with van der Waals surface area (Å²) in [4.78, 5) is 21.6. The van der Waals surface area contributed by atoms with Crippen LogP contribution in [0, 0.1) is 0 Å². The molecule has 1 saturated heterocycles. The number of rotatable bonds is 4. The average Bonchev–Trinajstić information content (AvgIpc) is 3.13. The Morgan fingerprint density at radius 3 is 2.68 bits per heavy atom. The first-order valence-electron chi connectivity index (χ1n) is 9.08. The van der Waals surface area contributed by atoms with Crippen LogP contribution in [0.4, 0.5) is 5.13 Å². The van der Waals surface area contributed by atoms with E-state index in [1.165, 1.54) is 0 Å². The smallest absolute Gasteiger partial charge is 0.255 e. The Kier molecular flexibility index (Phi) is 5.62. The Morgan fingerprint density at radius 1 is 1.14 bits per heavy atom. The molecule has 0 N–H and O–H groups in total. The number of aromatic nitrogens is 1. The summed E-state index contributed by atoms with van der Waals surface area (Å²) in [7, 11) is 0. The second-order valence-electron chi connectivity index (χ2n) is 6.46. The Bertz CT molecular complexity index is 1020. The zero-order valence-electron chi connectivity index (χ0n) is 15.3. The predicted octanol–water partition coefficient (Wildman–Crippen LogP) is 4.96. The van der Waals surface area contributed by atoms with E-state index in [1.54, 1.807) is 29.5 Å². The van der Waals surface area contributed by atoms with Crippen LogP contribution in [0.2, 0.25) is 10.0 Å². The van der Waals surface area contributed by atoms with Crippen LogP contribution >= 0.6 is 34.5 Å². The molecule has 1 aliphatic rings. The standard InChI is InChI=1S/C20H19Cl2N3O2S/c1-2-27-14-4-6-17-18(12-14)28-20(23-17)25-9-7-24(8-10-25)19(26)15-11-13(21)3-5-16(15)22/h3-6,11-12H,2,7-10H2,1H3. The van der Waals surface area contributed by atoms with E-state index in [0.717, 1.165) is 34.2 Å². The molecule has 0 unspecified atom stereocenters. The van der Waals surface area contributed by atoms with E-state index in [2.05, 4.69) is 4.90 Å². The minimum Gasteiger partial charge on any atom is -0.494 e. The van der Waals surface area contributed by atoms with Crippen molar-refractivity contribution in [3.63, 3.8) is 0 Å². The van der Waals surface area contributed by atoms with Gasteiger partial charge in [0.15, 0.2) is 5.13 Å². The molecule has 3 aromatic rings. The Labute approximate surface area is 177 Å². The molecule has 146 valence electrons. The maximum Gasteiger partial charge on any atom is 0.255 e. The molecule has 2 heterocycles. The van der Waals surface area contributed by atoms with Gasteiger partial charge in [-0.05, 0) is 43.3 Å². The van der Waals surface area contributed by atoms with E-state index in [1.807, 2.05) is 30.0 Å². The van der Waals surface area contributed by atoms with Crippen molar-refractivity contribution >= 4 is 55.8 Å². The van der Waals surface area contributed by atoms with Gasteiger partial charge in [0.2, 0.25) is 0 Å². The molecule has 0 radical (unpaired) electrons. The van der Waals surface area contributed by atoms with Crippen LogP contribution in [0.15, 0.2) is 36.4 Å². The van der Waals surface area contributed by atoms with Crippen LogP contribution in [-0.2, 0) is 0 Å². The zero-order chi connectivity index (χ0) is 19.7. The molecule has 2 aromatic carbocycles. The van der Waals surface area contributed by atoms with Crippen LogP contribution in [0.25, 0.3) is 10.2 Å². The quantitative estimate of drug-likeness (QED) is 0.580. The molecule has 0 bridgehead atoms. The molecule has 5 nitrogen and oxygen atoms in total. The van der Waals surface area contributed by atoms with E-state index in [4.69, 9.17) is 32.9 Å². The van der Waals surface area contributed by atoms with Gasteiger partial charge in [-0.2, -0.15) is 0 Å². The van der Waals surface area contributed by atoms with Crippen molar-refractivity contribution in [2.45, 2.75) is 6.92 Å². The van der Waals surface area contributed by atoms with E-state index >= 15 is 0 Å². The van der Waals surface area contributed by atoms with Crippen LogP contribution in [0.3, 0.4) is 0 Å². The average molecular weight is 436 g/mol. The normalized spacial score (nSPS) is 14.5. The molecule has 0 saturated carbocycles. The number of amides is 1. The Hall–Kier alpha value is -2.02. The van der Waals surface area contributed by atoms with Crippen molar-refractivity contribution < 1.29 is 9.53 Å². The van der Waals surface area contributed by atoms with Crippen molar-refractivity contribution in [1.29, 1.82) is 0 Å². The highest BCUT2D eigenvalue weighted by Gasteiger charge is 2.25. The summed E-state index contributed by atoms with van der Waals surface area (Å²) in [5.74, 6) is 0.775. The summed E-state index contributed by atoms with van der Waals surface area (Å²) in [5, 5.41) is 1.90. The van der Waals surface area contributed by atoms with Gasteiger partial charge < -0.3 is 14.5 Å². The topological polar surface area (TPSA) is 45.7 Å². The van der Waals surface area contributed by atoms with Gasteiger partial charge in [0, 0.05) is 31.2 Å². The van der Waals surface area contributed by atoms with Gasteiger partial charge in [-0.3, -0.25) is 4.79 Å². The molecule has 0 atom stereocenters. The van der Waals surface area contributed by atoms with E-state index in [0.29, 0.717) is 35.3 Å². The van der Waals surface area contributed by atoms with E-state index in [9.17, 15) is 4.79 Å². The number of thiazole rings is 1. The Morgan fingerprint density at radius 2 is 1.93 bits per heavy atom. The zero-order valence-corrected chi connectivity index (χ0v) is 17.7. The molecule has 4 rings (SSSR count). The maximum atomic E-state index is 12.8. The lowest BCUT2D eigenvalue weighted by Crippen LogP contribution is -2.48. The third-order valence-corrected chi connectivity index (χ3v) is 6.30. The Balaban J connectivity index is 1.46. The number of fused-ring (bicyclic) bond motifs is 1. The summed E-state index contributed by atoms with van der Waals surface area (Å²) in [6.07, 6.45) is 0. The van der Waals surface area contributed by atoms with Gasteiger partial charge in [-0.1, -0.05) is 34.5 Å². The van der Waals surface area contributed by atoms with Crippen LogP contribution in [-0.4, -0.2) is 48.6 Å². The van der Waals surface area contributed by atoms with Gasteiger partial charge in [-0.15, -0.1) is 0 Å². The molecule has 8 heteroatoms. The van der Waals surface area contributed by atoms with Gasteiger partial charge in [0.05, 0.1) is 27.4 Å². The number of hydrogen-bond donors (Lipinski definition) is 0. The highest BCUT2D eigenvalue weighted by molar-refractivity contribution is 7.22. The number of hydrogen-bond acceptors (Lipinski definition) is 5. The number of ether oxygens (including phenoxy) is 1. The molecule has 28 heavy (non-hydrogen) atoms. The van der Waals surface area contributed by atoms with Gasteiger partial charge >= 0.3 is 0 Å². The number of anilines is 1. The van der Waals surface area contributed by atoms with E-state index in [-0.39, 0.29) is 5.91 Å². The van der Waals surface area contributed by atoms with Crippen LogP contribution < -0.4 is 9.64 Å². The van der Waals surface area contributed by atoms with Crippen molar-refractivity contribution in [3.8, 4) is 5.75 Å². The molecule has 1 fully saturated rings. The minimum atomic E-state index is -0.0854. The highest BCUT2D eigenvalue weighted by atomic mass is 35.5. The summed E-state index contributed by atoms with van der Waals surface area (Å²) in [6.45, 7) is 5.29. The molecular formula is C20H19Cl2N3O2S. The first-order chi connectivity index (χ1) is 13.5. The number of carbonyl (C=O) groups excluding carboxylic acids is 1. The molecular weight excluding hydrogens is 417 g/mol. The van der Waals surface area contributed by atoms with Gasteiger partial charge in [0.1, 0.15) is 5.75 Å². The number of halogens is 2. The van der Waals surface area contributed by atoms with Crippen molar-refractivity contribution in [3.05, 3.63) is 52.0 Å². The number of piperazine rings is 1. The van der Waals surface area contributed by atoms with E-state index < -0.39 is 0 Å². The lowest BCUT2D eigenvalue weighted by Gasteiger charge is -2.34. The molecule has 1 aromatic heterocycles. The first kappa shape index (κ1) is 19.3. The van der Waals surface area contributed by atoms with Gasteiger partial charge in [0.25, 0.3) is 5.91 Å². The predicted molar refractivity (Wildman–Crippen MR) is 115 cm³/mol. The SMILES string of the molecule is CCOc1ccc2nc(N3CCN(C(=O)c4cc(Cl)ccc4Cl)CC3)sc2c1. The summed E-state index contributed by atoms with van der Waals surface area (Å²) >= 11 is 13.8. The van der Waals surface area contributed by atoms with Crippen molar-refractivity contribution in [2.24, 2.45) is 0 Å². The fourth-order valence-electron chi connectivity index (χ4n) is 3.22. The third-order valence-electron chi connectivity index (χ3n) is 4.66. The number of nitrogens with zero attached hydrogens (tertiary/aromatic N) is 3. The summed E-state index contributed by atoms with van der Waals surface area (Å²) in [6, 6.07) is 10.9. The van der Waals surface area contributed by atoms with Crippen molar-refractivity contribution in [2.75, 3.05) is 37.7 Å². The highest BCUT2D eigenvalue weighted by Crippen LogP contribution is 2.32. The third kappa shape index (κ3) is 3.90. The number of benzene rings is 2. The van der Waals surface area contributed by atoms with Crippen LogP contribution in [0.1, 0.15) is 17.3 Å².